The highest BCUT2D eigenvalue weighted by Gasteiger charge is 2.30. The first kappa shape index (κ1) is 14.9. The predicted molar refractivity (Wildman–Crippen MR) is 70.6 cm³/mol. The molecule has 0 aromatic rings. The summed E-state index contributed by atoms with van der Waals surface area (Å²) in [5.74, 6) is -0.0167. The van der Waals surface area contributed by atoms with Crippen LogP contribution in [0.3, 0.4) is 0 Å². The first-order valence-corrected chi connectivity index (χ1v) is 6.57. The Labute approximate surface area is 109 Å². The van der Waals surface area contributed by atoms with E-state index in [1.54, 1.807) is 6.92 Å². The van der Waals surface area contributed by atoms with Crippen molar-refractivity contribution in [1.29, 1.82) is 5.26 Å². The number of piperidine rings is 1. The Morgan fingerprint density at radius 3 is 2.83 bits per heavy atom. The molecule has 0 radical (unpaired) electrons. The van der Waals surface area contributed by atoms with Gasteiger partial charge in [-0.1, -0.05) is 13.8 Å². The van der Waals surface area contributed by atoms with Crippen molar-refractivity contribution in [3.8, 4) is 6.07 Å². The van der Waals surface area contributed by atoms with Crippen LogP contribution in [0.5, 0.6) is 0 Å². The largest absolute Gasteiger partial charge is 0.337 e. The number of nitrogens with zero attached hydrogens (tertiary/aromatic N) is 2. The summed E-state index contributed by atoms with van der Waals surface area (Å²) in [6, 6.07) is 2.35. The van der Waals surface area contributed by atoms with Gasteiger partial charge in [0.1, 0.15) is 5.54 Å². The lowest BCUT2D eigenvalue weighted by Crippen LogP contribution is -2.53. The van der Waals surface area contributed by atoms with Crippen molar-refractivity contribution in [1.82, 2.24) is 10.2 Å². The van der Waals surface area contributed by atoms with E-state index in [4.69, 9.17) is 11.0 Å². The molecule has 1 fully saturated rings. The Bertz CT molecular complexity index is 336. The van der Waals surface area contributed by atoms with E-state index in [-0.39, 0.29) is 17.9 Å². The minimum Gasteiger partial charge on any atom is -0.337 e. The van der Waals surface area contributed by atoms with Crippen molar-refractivity contribution in [2.24, 2.45) is 11.7 Å². The maximum Gasteiger partial charge on any atom is 0.235 e. The summed E-state index contributed by atoms with van der Waals surface area (Å²) < 4.78 is 0. The zero-order chi connectivity index (χ0) is 13.8. The standard InChI is InChI=1S/C13H24N4O/c1-10(2)13(3,9-14)16-12(18)8-17-6-4-5-11(15)7-17/h10-11H,4-8,15H2,1-3H3,(H,16,18). The number of nitrogens with one attached hydrogen (secondary N) is 1. The molecular formula is C13H24N4O. The van der Waals surface area contributed by atoms with Crippen LogP contribution in [0.25, 0.3) is 0 Å². The maximum atomic E-state index is 12.0. The third kappa shape index (κ3) is 3.97. The van der Waals surface area contributed by atoms with Gasteiger partial charge in [-0.05, 0) is 32.2 Å². The van der Waals surface area contributed by atoms with Gasteiger partial charge in [-0.2, -0.15) is 5.26 Å². The lowest BCUT2D eigenvalue weighted by Gasteiger charge is -2.32. The van der Waals surface area contributed by atoms with Crippen molar-refractivity contribution in [3.63, 3.8) is 0 Å². The van der Waals surface area contributed by atoms with Crippen molar-refractivity contribution in [2.45, 2.75) is 45.2 Å². The van der Waals surface area contributed by atoms with E-state index in [1.807, 2.05) is 13.8 Å². The van der Waals surface area contributed by atoms with Crippen molar-refractivity contribution in [2.75, 3.05) is 19.6 Å². The lowest BCUT2D eigenvalue weighted by atomic mass is 9.90. The smallest absolute Gasteiger partial charge is 0.235 e. The number of rotatable bonds is 4. The molecular weight excluding hydrogens is 228 g/mol. The fraction of sp³-hybridized carbons (Fsp3) is 0.846. The fourth-order valence-electron chi connectivity index (χ4n) is 2.07. The molecule has 0 aromatic heterocycles. The van der Waals surface area contributed by atoms with E-state index in [2.05, 4.69) is 16.3 Å². The quantitative estimate of drug-likeness (QED) is 0.761. The molecule has 1 aliphatic heterocycles. The molecule has 1 rings (SSSR count). The van der Waals surface area contributed by atoms with Gasteiger partial charge in [0.2, 0.25) is 5.91 Å². The highest BCUT2D eigenvalue weighted by atomic mass is 16.2. The number of nitrogens with two attached hydrogens (primary N) is 1. The zero-order valence-corrected chi connectivity index (χ0v) is 11.6. The van der Waals surface area contributed by atoms with E-state index < -0.39 is 5.54 Å². The Balaban J connectivity index is 2.48. The van der Waals surface area contributed by atoms with Crippen LogP contribution >= 0.6 is 0 Å². The van der Waals surface area contributed by atoms with Crippen molar-refractivity contribution < 1.29 is 4.79 Å². The summed E-state index contributed by atoms with van der Waals surface area (Å²) in [4.78, 5) is 14.0. The van der Waals surface area contributed by atoms with Crippen molar-refractivity contribution in [3.05, 3.63) is 0 Å². The van der Waals surface area contributed by atoms with Gasteiger partial charge in [-0.15, -0.1) is 0 Å². The summed E-state index contributed by atoms with van der Waals surface area (Å²) in [5, 5.41) is 12.0. The Morgan fingerprint density at radius 2 is 2.33 bits per heavy atom. The number of nitriles is 1. The summed E-state index contributed by atoms with van der Waals surface area (Å²) in [6.45, 7) is 7.63. The van der Waals surface area contributed by atoms with Gasteiger partial charge in [0.05, 0.1) is 12.6 Å². The molecule has 0 saturated carbocycles. The highest BCUT2D eigenvalue weighted by molar-refractivity contribution is 5.79. The molecule has 5 nitrogen and oxygen atoms in total. The molecule has 18 heavy (non-hydrogen) atoms. The molecule has 2 unspecified atom stereocenters. The minimum absolute atomic E-state index is 0.0788. The summed E-state index contributed by atoms with van der Waals surface area (Å²) in [6.07, 6.45) is 2.06. The van der Waals surface area contributed by atoms with Crippen LogP contribution < -0.4 is 11.1 Å². The van der Waals surface area contributed by atoms with Gasteiger partial charge in [0.25, 0.3) is 0 Å². The zero-order valence-electron chi connectivity index (χ0n) is 11.6. The van der Waals surface area contributed by atoms with E-state index >= 15 is 0 Å². The first-order valence-electron chi connectivity index (χ1n) is 6.57. The molecule has 1 amide bonds. The molecule has 5 heteroatoms. The van der Waals surface area contributed by atoms with Gasteiger partial charge in [-0.3, -0.25) is 9.69 Å². The average molecular weight is 252 g/mol. The molecule has 0 spiro atoms. The van der Waals surface area contributed by atoms with Crippen LogP contribution in [0, 0.1) is 17.2 Å². The highest BCUT2D eigenvalue weighted by Crippen LogP contribution is 2.15. The summed E-state index contributed by atoms with van der Waals surface area (Å²) in [7, 11) is 0. The molecule has 3 N–H and O–H groups in total. The Hall–Kier alpha value is -1.12. The monoisotopic (exact) mass is 252 g/mol. The molecule has 0 bridgehead atoms. The SMILES string of the molecule is CC(C)C(C)(C#N)NC(=O)CN1CCCC(N)C1. The Morgan fingerprint density at radius 1 is 1.67 bits per heavy atom. The summed E-state index contributed by atoms with van der Waals surface area (Å²) >= 11 is 0. The maximum absolute atomic E-state index is 12.0. The number of carbonyl (C=O) groups excluding carboxylic acids is 1. The van der Waals surface area contributed by atoms with Crippen LogP contribution in [-0.2, 0) is 4.79 Å². The molecule has 1 heterocycles. The molecule has 0 aromatic carbocycles. The van der Waals surface area contributed by atoms with Gasteiger partial charge < -0.3 is 11.1 Å². The van der Waals surface area contributed by atoms with E-state index in [0.29, 0.717) is 6.54 Å². The number of hydrogen-bond donors (Lipinski definition) is 2. The molecule has 0 aliphatic carbocycles. The minimum atomic E-state index is -0.797. The molecule has 1 saturated heterocycles. The topological polar surface area (TPSA) is 82.2 Å². The first-order chi connectivity index (χ1) is 8.37. The summed E-state index contributed by atoms with van der Waals surface area (Å²) in [5.41, 5.74) is 5.08. The van der Waals surface area contributed by atoms with Crippen LogP contribution in [0.15, 0.2) is 0 Å². The van der Waals surface area contributed by atoms with Crippen LogP contribution in [-0.4, -0.2) is 42.0 Å². The fourth-order valence-corrected chi connectivity index (χ4v) is 2.07. The second kappa shape index (κ2) is 6.17. The number of hydrogen-bond acceptors (Lipinski definition) is 4. The number of carbonyl (C=O) groups is 1. The van der Waals surface area contributed by atoms with Crippen molar-refractivity contribution >= 4 is 5.91 Å². The van der Waals surface area contributed by atoms with Gasteiger partial charge >= 0.3 is 0 Å². The Kier molecular flexibility index (Phi) is 5.12. The van der Waals surface area contributed by atoms with Gasteiger partial charge in [0, 0.05) is 12.6 Å². The van der Waals surface area contributed by atoms with E-state index in [0.717, 1.165) is 25.9 Å². The van der Waals surface area contributed by atoms with Crippen LogP contribution in [0.2, 0.25) is 0 Å². The number of likely N-dealkylation sites (tertiary alicyclic amines) is 1. The van der Waals surface area contributed by atoms with Crippen LogP contribution in [0.4, 0.5) is 0 Å². The van der Waals surface area contributed by atoms with E-state index in [1.165, 1.54) is 0 Å². The average Bonchev–Trinajstić information content (AvgIpc) is 2.28. The molecule has 2 atom stereocenters. The number of amides is 1. The van der Waals surface area contributed by atoms with Gasteiger partial charge in [0.15, 0.2) is 0 Å². The third-order valence-electron chi connectivity index (χ3n) is 3.70. The second-order valence-electron chi connectivity index (χ2n) is 5.65. The second-order valence-corrected chi connectivity index (χ2v) is 5.65. The van der Waals surface area contributed by atoms with E-state index in [9.17, 15) is 4.79 Å². The van der Waals surface area contributed by atoms with Crippen LogP contribution in [0.1, 0.15) is 33.6 Å². The lowest BCUT2D eigenvalue weighted by molar-refractivity contribution is -0.124. The molecule has 102 valence electrons. The predicted octanol–water partition coefficient (Wildman–Crippen LogP) is 0.464. The molecule has 1 aliphatic rings. The van der Waals surface area contributed by atoms with Gasteiger partial charge in [-0.25, -0.2) is 0 Å². The normalized spacial score (nSPS) is 24.3. The third-order valence-corrected chi connectivity index (χ3v) is 3.70.